The lowest BCUT2D eigenvalue weighted by atomic mass is 10.0. The molecule has 0 saturated heterocycles. The molecule has 88 valence electrons. The normalized spacial score (nSPS) is 10.5. The zero-order valence-corrected chi connectivity index (χ0v) is 10.2. The number of carbonyl (C=O) groups is 1. The second kappa shape index (κ2) is 5.54. The predicted octanol–water partition coefficient (Wildman–Crippen LogP) is 2.67. The molecule has 0 radical (unpaired) electrons. The molecule has 3 nitrogen and oxygen atoms in total. The van der Waals surface area contributed by atoms with Crippen LogP contribution in [0.3, 0.4) is 0 Å². The summed E-state index contributed by atoms with van der Waals surface area (Å²) in [7, 11) is 1.81. The zero-order valence-electron chi connectivity index (χ0n) is 10.2. The van der Waals surface area contributed by atoms with Crippen molar-refractivity contribution >= 4 is 17.3 Å². The van der Waals surface area contributed by atoms with E-state index in [4.69, 9.17) is 5.73 Å². The summed E-state index contributed by atoms with van der Waals surface area (Å²) in [5, 5.41) is 0. The van der Waals surface area contributed by atoms with Crippen LogP contribution in [0.25, 0.3) is 0 Å². The molecule has 0 heterocycles. The van der Waals surface area contributed by atoms with Crippen LogP contribution in [-0.2, 0) is 4.79 Å². The van der Waals surface area contributed by atoms with Crippen LogP contribution in [0.1, 0.15) is 26.7 Å². The maximum Gasteiger partial charge on any atom is 0.229 e. The van der Waals surface area contributed by atoms with Gasteiger partial charge in [-0.25, -0.2) is 0 Å². The van der Waals surface area contributed by atoms with E-state index in [1.54, 1.807) is 4.90 Å². The van der Waals surface area contributed by atoms with E-state index in [0.29, 0.717) is 5.69 Å². The number of nitrogens with zero attached hydrogens (tertiary/aromatic N) is 1. The van der Waals surface area contributed by atoms with Crippen LogP contribution in [-0.4, -0.2) is 13.0 Å². The van der Waals surface area contributed by atoms with Gasteiger partial charge in [-0.2, -0.15) is 0 Å². The Balaban J connectivity index is 2.81. The summed E-state index contributed by atoms with van der Waals surface area (Å²) in [4.78, 5) is 13.8. The molecule has 0 atom stereocenters. The van der Waals surface area contributed by atoms with E-state index >= 15 is 0 Å². The van der Waals surface area contributed by atoms with Crippen LogP contribution < -0.4 is 10.6 Å². The molecule has 0 aliphatic carbocycles. The molecule has 2 N–H and O–H groups in total. The monoisotopic (exact) mass is 220 g/mol. The average Bonchev–Trinajstić information content (AvgIpc) is 2.30. The molecule has 0 saturated carbocycles. The van der Waals surface area contributed by atoms with E-state index < -0.39 is 0 Å². The number of hydrogen-bond acceptors (Lipinski definition) is 2. The van der Waals surface area contributed by atoms with Gasteiger partial charge < -0.3 is 10.6 Å². The molecule has 0 bridgehead atoms. The van der Waals surface area contributed by atoms with Crippen molar-refractivity contribution in [1.29, 1.82) is 0 Å². The summed E-state index contributed by atoms with van der Waals surface area (Å²) in [5.41, 5.74) is 7.22. The van der Waals surface area contributed by atoms with Crippen molar-refractivity contribution in [3.05, 3.63) is 24.3 Å². The van der Waals surface area contributed by atoms with Crippen LogP contribution in [0.2, 0.25) is 0 Å². The van der Waals surface area contributed by atoms with E-state index in [9.17, 15) is 4.79 Å². The fraction of sp³-hybridized carbons (Fsp3) is 0.462. The van der Waals surface area contributed by atoms with Crippen LogP contribution in [0, 0.1) is 5.92 Å². The molecule has 0 aliphatic rings. The van der Waals surface area contributed by atoms with Crippen molar-refractivity contribution < 1.29 is 4.79 Å². The third-order valence-corrected chi connectivity index (χ3v) is 2.95. The Kier molecular flexibility index (Phi) is 4.35. The van der Waals surface area contributed by atoms with Gasteiger partial charge in [0.05, 0.1) is 0 Å². The van der Waals surface area contributed by atoms with Crippen molar-refractivity contribution in [3.8, 4) is 0 Å². The first-order valence-electron chi connectivity index (χ1n) is 5.73. The van der Waals surface area contributed by atoms with E-state index in [2.05, 4.69) is 0 Å². The molecule has 3 heteroatoms. The van der Waals surface area contributed by atoms with Crippen molar-refractivity contribution in [2.45, 2.75) is 26.7 Å². The molecule has 16 heavy (non-hydrogen) atoms. The second-order valence-corrected chi connectivity index (χ2v) is 4.00. The van der Waals surface area contributed by atoms with Gasteiger partial charge in [0.2, 0.25) is 5.91 Å². The lowest BCUT2D eigenvalue weighted by molar-refractivity contribution is -0.122. The number of nitrogens with two attached hydrogens (primary N) is 1. The van der Waals surface area contributed by atoms with Gasteiger partial charge in [0.1, 0.15) is 0 Å². The maximum absolute atomic E-state index is 12.1. The third kappa shape index (κ3) is 2.75. The number of nitrogen functional groups attached to an aromatic ring is 1. The van der Waals surface area contributed by atoms with E-state index in [1.807, 2.05) is 45.2 Å². The van der Waals surface area contributed by atoms with Gasteiger partial charge in [-0.1, -0.05) is 13.8 Å². The van der Waals surface area contributed by atoms with Crippen LogP contribution in [0.15, 0.2) is 24.3 Å². The van der Waals surface area contributed by atoms with Gasteiger partial charge >= 0.3 is 0 Å². The first-order chi connectivity index (χ1) is 7.60. The standard InChI is InChI=1S/C13H20N2O/c1-4-10(5-2)13(16)15(3)12-8-6-11(14)7-9-12/h6-10H,4-5,14H2,1-3H3. The fourth-order valence-corrected chi connectivity index (χ4v) is 1.74. The minimum Gasteiger partial charge on any atom is -0.399 e. The van der Waals surface area contributed by atoms with E-state index in [1.165, 1.54) is 0 Å². The quantitative estimate of drug-likeness (QED) is 0.793. The number of rotatable bonds is 4. The molecular weight excluding hydrogens is 200 g/mol. The van der Waals surface area contributed by atoms with Crippen LogP contribution in [0.4, 0.5) is 11.4 Å². The number of amides is 1. The number of benzene rings is 1. The summed E-state index contributed by atoms with van der Waals surface area (Å²) >= 11 is 0. The third-order valence-electron chi connectivity index (χ3n) is 2.95. The molecule has 0 aliphatic heterocycles. The van der Waals surface area contributed by atoms with E-state index in [-0.39, 0.29) is 11.8 Å². The molecule has 0 aromatic heterocycles. The predicted molar refractivity (Wildman–Crippen MR) is 68.3 cm³/mol. The number of hydrogen-bond donors (Lipinski definition) is 1. The van der Waals surface area contributed by atoms with Gasteiger partial charge in [-0.3, -0.25) is 4.79 Å². The topological polar surface area (TPSA) is 46.3 Å². The summed E-state index contributed by atoms with van der Waals surface area (Å²) < 4.78 is 0. The van der Waals surface area contributed by atoms with Crippen molar-refractivity contribution in [2.24, 2.45) is 5.92 Å². The van der Waals surface area contributed by atoms with Crippen molar-refractivity contribution in [2.75, 3.05) is 17.7 Å². The van der Waals surface area contributed by atoms with Crippen molar-refractivity contribution in [1.82, 2.24) is 0 Å². The largest absolute Gasteiger partial charge is 0.399 e. The molecule has 0 spiro atoms. The lowest BCUT2D eigenvalue weighted by Crippen LogP contribution is -2.32. The Morgan fingerprint density at radius 1 is 1.25 bits per heavy atom. The van der Waals surface area contributed by atoms with Crippen LogP contribution >= 0.6 is 0 Å². The van der Waals surface area contributed by atoms with Gasteiger partial charge in [-0.15, -0.1) is 0 Å². The second-order valence-electron chi connectivity index (χ2n) is 4.00. The SMILES string of the molecule is CCC(CC)C(=O)N(C)c1ccc(N)cc1. The molecule has 1 aromatic carbocycles. The summed E-state index contributed by atoms with van der Waals surface area (Å²) in [6.45, 7) is 4.09. The highest BCUT2D eigenvalue weighted by Crippen LogP contribution is 2.19. The van der Waals surface area contributed by atoms with Gasteiger partial charge in [-0.05, 0) is 37.1 Å². The minimum absolute atomic E-state index is 0.113. The summed E-state index contributed by atoms with van der Waals surface area (Å²) in [6, 6.07) is 7.36. The Morgan fingerprint density at radius 2 is 1.75 bits per heavy atom. The Hall–Kier alpha value is -1.51. The molecular formula is C13H20N2O. The van der Waals surface area contributed by atoms with Gasteiger partial charge in [0, 0.05) is 24.3 Å². The highest BCUT2D eigenvalue weighted by Gasteiger charge is 2.19. The Morgan fingerprint density at radius 3 is 2.19 bits per heavy atom. The van der Waals surface area contributed by atoms with E-state index in [0.717, 1.165) is 18.5 Å². The molecule has 1 amide bonds. The molecule has 1 aromatic rings. The first-order valence-corrected chi connectivity index (χ1v) is 5.73. The smallest absolute Gasteiger partial charge is 0.229 e. The Bertz CT molecular complexity index is 341. The fourth-order valence-electron chi connectivity index (χ4n) is 1.74. The zero-order chi connectivity index (χ0) is 12.1. The summed E-state index contributed by atoms with van der Waals surface area (Å²) in [6.07, 6.45) is 1.77. The van der Waals surface area contributed by atoms with Gasteiger partial charge in [0.15, 0.2) is 0 Å². The molecule has 0 fully saturated rings. The summed E-state index contributed by atoms with van der Waals surface area (Å²) in [5.74, 6) is 0.289. The molecule has 1 rings (SSSR count). The molecule has 0 unspecified atom stereocenters. The maximum atomic E-state index is 12.1. The number of carbonyl (C=O) groups excluding carboxylic acids is 1. The Labute approximate surface area is 97.2 Å². The van der Waals surface area contributed by atoms with Gasteiger partial charge in [0.25, 0.3) is 0 Å². The highest BCUT2D eigenvalue weighted by molar-refractivity contribution is 5.94. The first kappa shape index (κ1) is 12.6. The minimum atomic E-state index is 0.113. The average molecular weight is 220 g/mol. The highest BCUT2D eigenvalue weighted by atomic mass is 16.2. The lowest BCUT2D eigenvalue weighted by Gasteiger charge is -2.22. The van der Waals surface area contributed by atoms with Crippen molar-refractivity contribution in [3.63, 3.8) is 0 Å². The number of anilines is 2. The van der Waals surface area contributed by atoms with Crippen LogP contribution in [0.5, 0.6) is 0 Å².